The zero-order chi connectivity index (χ0) is 15.8. The second-order valence-electron chi connectivity index (χ2n) is 5.54. The minimum atomic E-state index is 0.0357. The third-order valence-corrected chi connectivity index (χ3v) is 4.60. The first kappa shape index (κ1) is 14.2. The predicted molar refractivity (Wildman–Crippen MR) is 95.1 cm³/mol. The van der Waals surface area contributed by atoms with Crippen molar-refractivity contribution in [2.45, 2.75) is 13.0 Å². The molecule has 114 valence electrons. The minimum Gasteiger partial charge on any atom is -0.324 e. The van der Waals surface area contributed by atoms with Gasteiger partial charge in [0.15, 0.2) is 0 Å². The molecule has 0 saturated heterocycles. The molecule has 1 atom stereocenters. The van der Waals surface area contributed by atoms with Crippen molar-refractivity contribution in [1.82, 2.24) is 14.8 Å². The van der Waals surface area contributed by atoms with Crippen molar-refractivity contribution < 1.29 is 0 Å². The smallest absolute Gasteiger partial charge is 0.226 e. The maximum Gasteiger partial charge on any atom is 0.226 e. The molecule has 1 aliphatic heterocycles. The maximum absolute atomic E-state index is 4.39. The summed E-state index contributed by atoms with van der Waals surface area (Å²) in [5.41, 5.74) is 4.65. The highest BCUT2D eigenvalue weighted by Gasteiger charge is 2.24. The molecule has 4 rings (SSSR count). The molecule has 5 heteroatoms. The highest BCUT2D eigenvalue weighted by Crippen LogP contribution is 2.33. The van der Waals surface area contributed by atoms with Crippen LogP contribution in [0.1, 0.15) is 22.7 Å². The van der Waals surface area contributed by atoms with Crippen molar-refractivity contribution in [3.63, 3.8) is 0 Å². The summed E-state index contributed by atoms with van der Waals surface area (Å²) in [5, 5.41) is 7.76. The average Bonchev–Trinajstić information content (AvgIpc) is 3.04. The Morgan fingerprint density at radius 3 is 2.65 bits per heavy atom. The van der Waals surface area contributed by atoms with E-state index in [1.807, 2.05) is 16.8 Å². The Balaban J connectivity index is 1.83. The van der Waals surface area contributed by atoms with Gasteiger partial charge in [-0.25, -0.2) is 4.68 Å². The number of hydrogen-bond acceptors (Lipinski definition) is 3. The van der Waals surface area contributed by atoms with Crippen molar-refractivity contribution >= 4 is 27.6 Å². The van der Waals surface area contributed by atoms with Crippen molar-refractivity contribution in [2.24, 2.45) is 0 Å². The van der Waals surface area contributed by atoms with Gasteiger partial charge in [-0.3, -0.25) is 0 Å². The second-order valence-corrected chi connectivity index (χ2v) is 6.46. The van der Waals surface area contributed by atoms with Crippen LogP contribution in [0.3, 0.4) is 0 Å². The molecule has 0 spiro atoms. The number of aryl methyl sites for hydroxylation is 1. The highest BCUT2D eigenvalue weighted by atomic mass is 79.9. The van der Waals surface area contributed by atoms with Crippen LogP contribution in [0.4, 0.5) is 5.95 Å². The Morgan fingerprint density at radius 2 is 1.87 bits per heavy atom. The molecule has 1 aliphatic rings. The number of anilines is 1. The summed E-state index contributed by atoms with van der Waals surface area (Å²) < 4.78 is 2.99. The van der Waals surface area contributed by atoms with Gasteiger partial charge in [0, 0.05) is 10.2 Å². The van der Waals surface area contributed by atoms with E-state index < -0.39 is 0 Å². The molecule has 0 unspecified atom stereocenters. The number of hydrogen-bond donors (Lipinski definition) is 1. The van der Waals surface area contributed by atoms with Gasteiger partial charge < -0.3 is 5.32 Å². The average molecular weight is 367 g/mol. The van der Waals surface area contributed by atoms with Gasteiger partial charge >= 0.3 is 0 Å². The summed E-state index contributed by atoms with van der Waals surface area (Å²) in [7, 11) is 0. The molecule has 2 heterocycles. The van der Waals surface area contributed by atoms with Crippen molar-refractivity contribution in [3.8, 4) is 0 Å². The Hall–Kier alpha value is -2.40. The van der Waals surface area contributed by atoms with Crippen LogP contribution in [0.15, 0.2) is 65.4 Å². The molecule has 0 bridgehead atoms. The second kappa shape index (κ2) is 5.66. The van der Waals surface area contributed by atoms with Gasteiger partial charge in [0.25, 0.3) is 0 Å². The van der Waals surface area contributed by atoms with E-state index in [0.29, 0.717) is 0 Å². The van der Waals surface area contributed by atoms with Crippen LogP contribution in [-0.4, -0.2) is 14.8 Å². The molecule has 1 N–H and O–H groups in total. The van der Waals surface area contributed by atoms with Gasteiger partial charge in [0.1, 0.15) is 12.4 Å². The molecule has 3 aromatic rings. The molecule has 0 saturated carbocycles. The van der Waals surface area contributed by atoms with E-state index in [1.54, 1.807) is 6.33 Å². The number of benzene rings is 2. The fraction of sp³-hybridized carbons (Fsp3) is 0.111. The van der Waals surface area contributed by atoms with E-state index in [-0.39, 0.29) is 6.04 Å². The molecule has 0 amide bonds. The van der Waals surface area contributed by atoms with Gasteiger partial charge in [-0.2, -0.15) is 10.1 Å². The normalized spacial score (nSPS) is 16.4. The zero-order valence-corrected chi connectivity index (χ0v) is 14.2. The first-order chi connectivity index (χ1) is 11.2. The lowest BCUT2D eigenvalue weighted by atomic mass is 9.98. The SMILES string of the molecule is Cc1ccccc1[C@@H]1C=C(c2ccc(Br)cc2)Nc2ncnn21. The number of allylic oxidation sites excluding steroid dienone is 1. The van der Waals surface area contributed by atoms with Crippen molar-refractivity contribution in [2.75, 3.05) is 5.32 Å². The summed E-state index contributed by atoms with van der Waals surface area (Å²) in [6.45, 7) is 2.13. The van der Waals surface area contributed by atoms with Gasteiger partial charge in [-0.1, -0.05) is 52.3 Å². The monoisotopic (exact) mass is 366 g/mol. The topological polar surface area (TPSA) is 42.7 Å². The van der Waals surface area contributed by atoms with Gasteiger partial charge in [0.05, 0.1) is 0 Å². The molecule has 0 fully saturated rings. The van der Waals surface area contributed by atoms with Crippen LogP contribution in [0, 0.1) is 6.92 Å². The van der Waals surface area contributed by atoms with Gasteiger partial charge in [-0.15, -0.1) is 0 Å². The van der Waals surface area contributed by atoms with Crippen LogP contribution in [0.25, 0.3) is 5.70 Å². The first-order valence-corrected chi connectivity index (χ1v) is 8.21. The molecule has 0 radical (unpaired) electrons. The first-order valence-electron chi connectivity index (χ1n) is 7.42. The lowest BCUT2D eigenvalue weighted by Crippen LogP contribution is -2.20. The van der Waals surface area contributed by atoms with Crippen molar-refractivity contribution in [3.05, 3.63) is 82.1 Å². The largest absolute Gasteiger partial charge is 0.324 e. The number of aromatic nitrogens is 3. The highest BCUT2D eigenvalue weighted by molar-refractivity contribution is 9.10. The van der Waals surface area contributed by atoms with E-state index in [2.05, 4.69) is 80.7 Å². The van der Waals surface area contributed by atoms with Crippen LogP contribution in [0.5, 0.6) is 0 Å². The summed E-state index contributed by atoms with van der Waals surface area (Å²) >= 11 is 3.48. The Labute approximate surface area is 143 Å². The summed E-state index contributed by atoms with van der Waals surface area (Å²) in [5.74, 6) is 0.763. The summed E-state index contributed by atoms with van der Waals surface area (Å²) in [6.07, 6.45) is 3.79. The van der Waals surface area contributed by atoms with Crippen molar-refractivity contribution in [1.29, 1.82) is 0 Å². The third kappa shape index (κ3) is 2.57. The van der Waals surface area contributed by atoms with Crippen LogP contribution in [0.2, 0.25) is 0 Å². The molecule has 23 heavy (non-hydrogen) atoms. The number of rotatable bonds is 2. The van der Waals surface area contributed by atoms with E-state index in [1.165, 1.54) is 11.1 Å². The van der Waals surface area contributed by atoms with E-state index in [9.17, 15) is 0 Å². The minimum absolute atomic E-state index is 0.0357. The van der Waals surface area contributed by atoms with Gasteiger partial charge in [-0.05, 0) is 41.8 Å². The molecular formula is C18H15BrN4. The van der Waals surface area contributed by atoms with E-state index in [0.717, 1.165) is 21.7 Å². The molecule has 1 aromatic heterocycles. The standard InChI is InChI=1S/C18H15BrN4/c1-12-4-2-3-5-15(12)17-10-16(13-6-8-14(19)9-7-13)22-18-20-11-21-23(17)18/h2-11,17H,1H3,(H,20,21,22)/t17-/m0/s1. The molecular weight excluding hydrogens is 352 g/mol. The van der Waals surface area contributed by atoms with Gasteiger partial charge in [0.2, 0.25) is 5.95 Å². The molecule has 2 aromatic carbocycles. The Morgan fingerprint density at radius 1 is 1.09 bits per heavy atom. The summed E-state index contributed by atoms with van der Waals surface area (Å²) in [6, 6.07) is 16.7. The maximum atomic E-state index is 4.39. The van der Waals surface area contributed by atoms with Crippen LogP contribution >= 0.6 is 15.9 Å². The lowest BCUT2D eigenvalue weighted by Gasteiger charge is -2.25. The van der Waals surface area contributed by atoms with Crippen LogP contribution < -0.4 is 5.32 Å². The molecule has 4 nitrogen and oxygen atoms in total. The number of fused-ring (bicyclic) bond motifs is 1. The number of halogens is 1. The fourth-order valence-corrected chi connectivity index (χ4v) is 3.14. The predicted octanol–water partition coefficient (Wildman–Crippen LogP) is 4.41. The van der Waals surface area contributed by atoms with E-state index in [4.69, 9.17) is 0 Å². The Bertz CT molecular complexity index is 880. The Kier molecular flexibility index (Phi) is 3.50. The zero-order valence-electron chi connectivity index (χ0n) is 12.6. The summed E-state index contributed by atoms with van der Waals surface area (Å²) in [4.78, 5) is 4.35. The number of nitrogens with one attached hydrogen (secondary N) is 1. The molecule has 0 aliphatic carbocycles. The number of nitrogens with zero attached hydrogens (tertiary/aromatic N) is 3. The fourth-order valence-electron chi connectivity index (χ4n) is 2.87. The third-order valence-electron chi connectivity index (χ3n) is 4.07. The lowest BCUT2D eigenvalue weighted by molar-refractivity contribution is 0.609. The van der Waals surface area contributed by atoms with Crippen LogP contribution in [-0.2, 0) is 0 Å². The quantitative estimate of drug-likeness (QED) is 0.730. The van der Waals surface area contributed by atoms with E-state index >= 15 is 0 Å².